The third-order valence-corrected chi connectivity index (χ3v) is 4.05. The van der Waals surface area contributed by atoms with E-state index in [4.69, 9.17) is 5.11 Å². The second-order valence-electron chi connectivity index (χ2n) is 4.59. The van der Waals surface area contributed by atoms with Crippen LogP contribution in [0.25, 0.3) is 0 Å². The standard InChI is InChI=1S/C13H13FN2O4S/c1-16-10(7-8-5-3-4-6-9(8)14)11(12(17)18)15-13(16)21(2,19)20/h3-6H,7H2,1-2H3,(H,17,18). The molecule has 0 saturated heterocycles. The maximum absolute atomic E-state index is 13.7. The highest BCUT2D eigenvalue weighted by Crippen LogP contribution is 2.20. The third-order valence-electron chi connectivity index (χ3n) is 3.02. The van der Waals surface area contributed by atoms with Gasteiger partial charge in [-0.2, -0.15) is 0 Å². The van der Waals surface area contributed by atoms with Gasteiger partial charge in [-0.1, -0.05) is 18.2 Å². The van der Waals surface area contributed by atoms with E-state index < -0.39 is 21.6 Å². The molecule has 1 heterocycles. The Labute approximate surface area is 120 Å². The summed E-state index contributed by atoms with van der Waals surface area (Å²) in [5.41, 5.74) is 0.0113. The summed E-state index contributed by atoms with van der Waals surface area (Å²) in [6.07, 6.45) is 0.876. The van der Waals surface area contributed by atoms with E-state index in [1.807, 2.05) is 0 Å². The molecule has 0 fully saturated rings. The van der Waals surface area contributed by atoms with E-state index in [0.717, 1.165) is 6.26 Å². The molecule has 0 radical (unpaired) electrons. The van der Waals surface area contributed by atoms with E-state index >= 15 is 0 Å². The lowest BCUT2D eigenvalue weighted by molar-refractivity contribution is 0.0689. The summed E-state index contributed by atoms with van der Waals surface area (Å²) in [6.45, 7) is 0. The topological polar surface area (TPSA) is 89.3 Å². The van der Waals surface area contributed by atoms with Crippen molar-refractivity contribution in [3.05, 3.63) is 47.0 Å². The molecule has 2 aromatic rings. The molecule has 2 rings (SSSR count). The van der Waals surface area contributed by atoms with Gasteiger partial charge in [-0.3, -0.25) is 0 Å². The Morgan fingerprint density at radius 2 is 2.00 bits per heavy atom. The second-order valence-corrected chi connectivity index (χ2v) is 6.50. The van der Waals surface area contributed by atoms with E-state index in [9.17, 15) is 17.6 Å². The van der Waals surface area contributed by atoms with Crippen LogP contribution in [0, 0.1) is 5.82 Å². The first-order valence-corrected chi connectivity index (χ1v) is 7.83. The van der Waals surface area contributed by atoms with Crippen molar-refractivity contribution in [2.24, 2.45) is 7.05 Å². The Morgan fingerprint density at radius 3 is 2.52 bits per heavy atom. The normalized spacial score (nSPS) is 11.6. The molecule has 1 aromatic carbocycles. The molecule has 8 heteroatoms. The number of aromatic carboxylic acids is 1. The minimum Gasteiger partial charge on any atom is -0.476 e. The monoisotopic (exact) mass is 312 g/mol. The number of hydrogen-bond acceptors (Lipinski definition) is 4. The highest BCUT2D eigenvalue weighted by atomic mass is 32.2. The van der Waals surface area contributed by atoms with E-state index in [2.05, 4.69) is 4.98 Å². The predicted octanol–water partition coefficient (Wildman–Crippen LogP) is 1.25. The van der Waals surface area contributed by atoms with Crippen LogP contribution in [0.1, 0.15) is 21.7 Å². The first-order chi connectivity index (χ1) is 9.71. The Balaban J connectivity index is 2.60. The highest BCUT2D eigenvalue weighted by Gasteiger charge is 2.25. The van der Waals surface area contributed by atoms with Gasteiger partial charge in [-0.25, -0.2) is 22.6 Å². The zero-order chi connectivity index (χ0) is 15.8. The average molecular weight is 312 g/mol. The number of rotatable bonds is 4. The number of nitrogens with zero attached hydrogens (tertiary/aromatic N) is 2. The van der Waals surface area contributed by atoms with Crippen molar-refractivity contribution in [3.63, 3.8) is 0 Å². The van der Waals surface area contributed by atoms with Gasteiger partial charge in [-0.05, 0) is 11.6 Å². The number of hydrogen-bond donors (Lipinski definition) is 1. The molecule has 6 nitrogen and oxygen atoms in total. The van der Waals surface area contributed by atoms with Gasteiger partial charge < -0.3 is 9.67 Å². The Hall–Kier alpha value is -2.22. The van der Waals surface area contributed by atoms with Crippen molar-refractivity contribution >= 4 is 15.8 Å². The van der Waals surface area contributed by atoms with Crippen LogP contribution in [0.4, 0.5) is 4.39 Å². The smallest absolute Gasteiger partial charge is 0.356 e. The lowest BCUT2D eigenvalue weighted by Gasteiger charge is -2.06. The minimum absolute atomic E-state index is 0.0622. The van der Waals surface area contributed by atoms with Gasteiger partial charge >= 0.3 is 5.97 Å². The van der Waals surface area contributed by atoms with Gasteiger partial charge in [0, 0.05) is 19.7 Å². The maximum atomic E-state index is 13.7. The zero-order valence-corrected chi connectivity index (χ0v) is 12.2. The molecule has 0 bridgehead atoms. The van der Waals surface area contributed by atoms with Gasteiger partial charge in [0.2, 0.25) is 15.0 Å². The van der Waals surface area contributed by atoms with Crippen molar-refractivity contribution < 1.29 is 22.7 Å². The summed E-state index contributed by atoms with van der Waals surface area (Å²) in [5, 5.41) is 8.80. The summed E-state index contributed by atoms with van der Waals surface area (Å²) in [7, 11) is -2.28. The summed E-state index contributed by atoms with van der Waals surface area (Å²) in [6, 6.07) is 5.90. The molecule has 0 amide bonds. The number of aromatic nitrogens is 2. The van der Waals surface area contributed by atoms with E-state index in [-0.39, 0.29) is 28.5 Å². The van der Waals surface area contributed by atoms with Gasteiger partial charge in [0.05, 0.1) is 5.69 Å². The number of benzene rings is 1. The molecule has 0 unspecified atom stereocenters. The van der Waals surface area contributed by atoms with Crippen LogP contribution in [-0.4, -0.2) is 35.3 Å². The average Bonchev–Trinajstić information content (AvgIpc) is 2.70. The van der Waals surface area contributed by atoms with Gasteiger partial charge in [0.25, 0.3) is 0 Å². The number of halogens is 1. The molecule has 0 aliphatic heterocycles. The summed E-state index contributed by atoms with van der Waals surface area (Å²) in [4.78, 5) is 14.9. The maximum Gasteiger partial charge on any atom is 0.356 e. The minimum atomic E-state index is -3.68. The Kier molecular flexibility index (Phi) is 3.82. The third kappa shape index (κ3) is 2.94. The quantitative estimate of drug-likeness (QED) is 0.918. The Bertz CT molecular complexity index is 812. The van der Waals surface area contributed by atoms with Crippen molar-refractivity contribution in [3.8, 4) is 0 Å². The molecule has 0 atom stereocenters. The predicted molar refractivity (Wildman–Crippen MR) is 72.5 cm³/mol. The molecule has 0 aliphatic rings. The molecule has 0 spiro atoms. The fraction of sp³-hybridized carbons (Fsp3) is 0.231. The van der Waals surface area contributed by atoms with Crippen LogP contribution in [-0.2, 0) is 23.3 Å². The molecule has 112 valence electrons. The number of carboxylic acid groups (broad SMARTS) is 1. The summed E-state index contributed by atoms with van der Waals surface area (Å²) < 4.78 is 38.1. The number of imidazole rings is 1. The highest BCUT2D eigenvalue weighted by molar-refractivity contribution is 7.90. The van der Waals surface area contributed by atoms with Crippen molar-refractivity contribution in [2.45, 2.75) is 11.6 Å². The van der Waals surface area contributed by atoms with Crippen LogP contribution < -0.4 is 0 Å². The van der Waals surface area contributed by atoms with E-state index in [0.29, 0.717) is 0 Å². The second kappa shape index (κ2) is 5.28. The molecule has 21 heavy (non-hydrogen) atoms. The lowest BCUT2D eigenvalue weighted by atomic mass is 10.1. The molecular formula is C13H13FN2O4S. The fourth-order valence-electron chi connectivity index (χ4n) is 2.04. The van der Waals surface area contributed by atoms with Crippen LogP contribution >= 0.6 is 0 Å². The van der Waals surface area contributed by atoms with Crippen LogP contribution in [0.3, 0.4) is 0 Å². The van der Waals surface area contributed by atoms with Crippen molar-refractivity contribution in [1.82, 2.24) is 9.55 Å². The first-order valence-electron chi connectivity index (χ1n) is 5.94. The molecule has 1 N–H and O–H groups in total. The molecule has 0 aliphatic carbocycles. The lowest BCUT2D eigenvalue weighted by Crippen LogP contribution is -2.09. The summed E-state index contributed by atoms with van der Waals surface area (Å²) in [5.74, 6) is -1.84. The van der Waals surface area contributed by atoms with E-state index in [1.165, 1.54) is 29.8 Å². The van der Waals surface area contributed by atoms with Gasteiger partial charge in [-0.15, -0.1) is 0 Å². The van der Waals surface area contributed by atoms with Gasteiger partial charge in [0.1, 0.15) is 5.82 Å². The zero-order valence-electron chi connectivity index (χ0n) is 11.4. The van der Waals surface area contributed by atoms with Crippen LogP contribution in [0.5, 0.6) is 0 Å². The fourth-order valence-corrected chi connectivity index (χ4v) is 2.90. The van der Waals surface area contributed by atoms with Crippen molar-refractivity contribution in [2.75, 3.05) is 6.26 Å². The van der Waals surface area contributed by atoms with Crippen molar-refractivity contribution in [1.29, 1.82) is 0 Å². The van der Waals surface area contributed by atoms with E-state index in [1.54, 1.807) is 6.07 Å². The molecular weight excluding hydrogens is 299 g/mol. The summed E-state index contributed by atoms with van der Waals surface area (Å²) >= 11 is 0. The van der Waals surface area contributed by atoms with Gasteiger partial charge in [0.15, 0.2) is 5.69 Å². The first kappa shape index (κ1) is 15.2. The number of carboxylic acids is 1. The number of sulfone groups is 1. The SMILES string of the molecule is Cn1c(S(C)(=O)=O)nc(C(=O)O)c1Cc1ccccc1F. The largest absolute Gasteiger partial charge is 0.476 e. The number of carbonyl (C=O) groups is 1. The molecule has 1 aromatic heterocycles. The molecule has 0 saturated carbocycles. The van der Waals surface area contributed by atoms with Crippen LogP contribution in [0.15, 0.2) is 29.4 Å². The van der Waals surface area contributed by atoms with Crippen LogP contribution in [0.2, 0.25) is 0 Å². The Morgan fingerprint density at radius 1 is 1.38 bits per heavy atom.